The lowest BCUT2D eigenvalue weighted by Gasteiger charge is -2.36. The molecule has 1 aliphatic heterocycles. The van der Waals surface area contributed by atoms with Crippen LogP contribution in [0.2, 0.25) is 0 Å². The van der Waals surface area contributed by atoms with Crippen LogP contribution in [0.15, 0.2) is 58.3 Å². The van der Waals surface area contributed by atoms with Gasteiger partial charge in [0.25, 0.3) is 0 Å². The molecule has 2 heterocycles. The first-order valence-corrected chi connectivity index (χ1v) is 10.5. The molecule has 0 spiro atoms. The van der Waals surface area contributed by atoms with Crippen LogP contribution in [-0.4, -0.2) is 31.1 Å². The molecule has 1 aromatic carbocycles. The second-order valence-corrected chi connectivity index (χ2v) is 8.43. The van der Waals surface area contributed by atoms with Gasteiger partial charge in [-0.1, -0.05) is 12.1 Å². The summed E-state index contributed by atoms with van der Waals surface area (Å²) in [7, 11) is 2.80. The molecule has 0 fully saturated rings. The molecule has 0 unspecified atom stereocenters. The number of methoxy groups -OCH3 is 2. The molecule has 7 heteroatoms. The summed E-state index contributed by atoms with van der Waals surface area (Å²) in [4.78, 5) is 27.2. The average Bonchev–Trinajstić information content (AvgIpc) is 3.27. The molecule has 2 N–H and O–H groups in total. The number of benzene rings is 1. The van der Waals surface area contributed by atoms with E-state index in [4.69, 9.17) is 9.47 Å². The molecule has 1 aliphatic carbocycles. The molecule has 2 atom stereocenters. The summed E-state index contributed by atoms with van der Waals surface area (Å²) in [5.41, 5.74) is 3.07. The Morgan fingerprint density at radius 1 is 1.23 bits per heavy atom. The number of hydrogen-bond acceptors (Lipinski definition) is 7. The van der Waals surface area contributed by atoms with Gasteiger partial charge >= 0.3 is 5.97 Å². The van der Waals surface area contributed by atoms with E-state index in [0.29, 0.717) is 41.0 Å². The molecule has 0 saturated heterocycles. The Hall–Kier alpha value is -3.06. The number of carbonyl (C=O) groups is 2. The maximum atomic E-state index is 13.3. The first-order chi connectivity index (χ1) is 14.4. The van der Waals surface area contributed by atoms with Crippen molar-refractivity contribution in [1.29, 1.82) is 0 Å². The smallest absolute Gasteiger partial charge is 0.336 e. The zero-order valence-electron chi connectivity index (χ0n) is 17.0. The number of nitrogens with one attached hydrogen (secondary N) is 1. The van der Waals surface area contributed by atoms with Gasteiger partial charge in [0, 0.05) is 40.1 Å². The SMILES string of the molecule is COC(=O)C1=C(C)NC2=C(C(=O)C[C@@H](c3cccs3)C2)[C@@H]1c1ccc(OC)c(O)c1. The van der Waals surface area contributed by atoms with E-state index in [0.717, 1.165) is 5.70 Å². The van der Waals surface area contributed by atoms with Gasteiger partial charge in [0.05, 0.1) is 19.8 Å². The van der Waals surface area contributed by atoms with Crippen LogP contribution in [0, 0.1) is 0 Å². The van der Waals surface area contributed by atoms with Crippen LogP contribution >= 0.6 is 11.3 Å². The topological polar surface area (TPSA) is 84.9 Å². The number of rotatable bonds is 4. The van der Waals surface area contributed by atoms with Gasteiger partial charge in [0.1, 0.15) is 0 Å². The summed E-state index contributed by atoms with van der Waals surface area (Å²) in [6, 6.07) is 9.01. The highest BCUT2D eigenvalue weighted by Gasteiger charge is 2.41. The van der Waals surface area contributed by atoms with Crippen molar-refractivity contribution in [3.8, 4) is 11.5 Å². The fraction of sp³-hybridized carbons (Fsp3) is 0.304. The third-order valence-electron chi connectivity index (χ3n) is 5.71. The van der Waals surface area contributed by atoms with Crippen molar-refractivity contribution in [3.05, 3.63) is 68.7 Å². The number of phenols is 1. The third-order valence-corrected chi connectivity index (χ3v) is 6.75. The second-order valence-electron chi connectivity index (χ2n) is 7.46. The number of allylic oxidation sites excluding steroid dienone is 3. The second kappa shape index (κ2) is 7.99. The van der Waals surface area contributed by atoms with E-state index in [2.05, 4.69) is 11.4 Å². The van der Waals surface area contributed by atoms with Gasteiger partial charge < -0.3 is 19.9 Å². The van der Waals surface area contributed by atoms with E-state index in [9.17, 15) is 14.7 Å². The predicted molar refractivity (Wildman–Crippen MR) is 114 cm³/mol. The number of carbonyl (C=O) groups excluding carboxylic acids is 2. The Morgan fingerprint density at radius 3 is 2.67 bits per heavy atom. The minimum atomic E-state index is -0.609. The van der Waals surface area contributed by atoms with E-state index in [1.165, 1.54) is 19.1 Å². The van der Waals surface area contributed by atoms with Crippen molar-refractivity contribution in [2.75, 3.05) is 14.2 Å². The van der Waals surface area contributed by atoms with Crippen LogP contribution < -0.4 is 10.1 Å². The highest BCUT2D eigenvalue weighted by atomic mass is 32.1. The summed E-state index contributed by atoms with van der Waals surface area (Å²) in [6.07, 6.45) is 1.07. The van der Waals surface area contributed by atoms with Crippen LogP contribution in [0.3, 0.4) is 0 Å². The highest BCUT2D eigenvalue weighted by molar-refractivity contribution is 7.10. The van der Waals surface area contributed by atoms with E-state index in [-0.39, 0.29) is 17.5 Å². The van der Waals surface area contributed by atoms with Gasteiger partial charge in [-0.05, 0) is 42.5 Å². The monoisotopic (exact) mass is 425 g/mol. The number of Topliss-reactive ketones (excluding diaryl/α,β-unsaturated/α-hetero) is 1. The van der Waals surface area contributed by atoms with Crippen LogP contribution in [0.4, 0.5) is 0 Å². The maximum Gasteiger partial charge on any atom is 0.336 e. The number of phenolic OH excluding ortho intramolecular Hbond substituents is 1. The van der Waals surface area contributed by atoms with E-state index in [1.807, 2.05) is 18.4 Å². The average molecular weight is 426 g/mol. The van der Waals surface area contributed by atoms with Crippen LogP contribution in [-0.2, 0) is 14.3 Å². The van der Waals surface area contributed by atoms with Crippen molar-refractivity contribution in [1.82, 2.24) is 5.32 Å². The van der Waals surface area contributed by atoms with Gasteiger partial charge in [0.2, 0.25) is 0 Å². The van der Waals surface area contributed by atoms with Crippen molar-refractivity contribution < 1.29 is 24.2 Å². The summed E-state index contributed by atoms with van der Waals surface area (Å²) >= 11 is 1.65. The highest BCUT2D eigenvalue weighted by Crippen LogP contribution is 2.47. The third kappa shape index (κ3) is 3.39. The van der Waals surface area contributed by atoms with Gasteiger partial charge in [-0.2, -0.15) is 0 Å². The first kappa shape index (κ1) is 20.2. The fourth-order valence-electron chi connectivity index (χ4n) is 4.36. The zero-order chi connectivity index (χ0) is 21.4. The molecule has 1 aromatic heterocycles. The Labute approximate surface area is 178 Å². The minimum Gasteiger partial charge on any atom is -0.504 e. The summed E-state index contributed by atoms with van der Waals surface area (Å²) in [5.74, 6) is -0.716. The molecular formula is C23H23NO5S. The number of thiophene rings is 1. The molecule has 6 nitrogen and oxygen atoms in total. The quantitative estimate of drug-likeness (QED) is 0.721. The lowest BCUT2D eigenvalue weighted by molar-refractivity contribution is -0.136. The van der Waals surface area contributed by atoms with Gasteiger partial charge in [0.15, 0.2) is 17.3 Å². The number of ether oxygens (including phenoxy) is 2. The standard InChI is InChI=1S/C23H23NO5S/c1-12-20(23(27)29-3)21(13-6-7-18(28-2)16(25)10-13)22-15(24-12)9-14(11-17(22)26)19-5-4-8-30-19/h4-8,10,14,21,24-25H,9,11H2,1-3H3/t14-,21+/m0/s1. The number of ketones is 1. The van der Waals surface area contributed by atoms with Crippen LogP contribution in [0.1, 0.15) is 42.0 Å². The predicted octanol–water partition coefficient (Wildman–Crippen LogP) is 4.00. The van der Waals surface area contributed by atoms with Gasteiger partial charge in [-0.3, -0.25) is 4.79 Å². The molecule has 2 aromatic rings. The molecule has 0 bridgehead atoms. The van der Waals surface area contributed by atoms with Crippen LogP contribution in [0.25, 0.3) is 0 Å². The normalized spacial score (nSPS) is 21.2. The molecule has 0 saturated carbocycles. The maximum absolute atomic E-state index is 13.3. The Kier molecular flexibility index (Phi) is 5.39. The van der Waals surface area contributed by atoms with Crippen LogP contribution in [0.5, 0.6) is 11.5 Å². The summed E-state index contributed by atoms with van der Waals surface area (Å²) < 4.78 is 10.2. The Balaban J connectivity index is 1.84. The van der Waals surface area contributed by atoms with Crippen molar-refractivity contribution in [3.63, 3.8) is 0 Å². The molecule has 2 aliphatic rings. The van der Waals surface area contributed by atoms with Gasteiger partial charge in [-0.25, -0.2) is 4.79 Å². The van der Waals surface area contributed by atoms with Crippen molar-refractivity contribution >= 4 is 23.1 Å². The number of hydrogen-bond donors (Lipinski definition) is 2. The van der Waals surface area contributed by atoms with E-state index < -0.39 is 11.9 Å². The van der Waals surface area contributed by atoms with Crippen molar-refractivity contribution in [2.45, 2.75) is 31.6 Å². The number of dihydropyridines is 1. The number of esters is 1. The van der Waals surface area contributed by atoms with Gasteiger partial charge in [-0.15, -0.1) is 11.3 Å². The van der Waals surface area contributed by atoms with E-state index in [1.54, 1.807) is 29.5 Å². The minimum absolute atomic E-state index is 0.00337. The lowest BCUT2D eigenvalue weighted by Crippen LogP contribution is -2.35. The Bertz CT molecular complexity index is 1070. The number of aromatic hydroxyl groups is 1. The molecule has 30 heavy (non-hydrogen) atoms. The molecule has 0 radical (unpaired) electrons. The van der Waals surface area contributed by atoms with E-state index >= 15 is 0 Å². The summed E-state index contributed by atoms with van der Waals surface area (Å²) in [6.45, 7) is 1.81. The Morgan fingerprint density at radius 2 is 2.03 bits per heavy atom. The fourth-order valence-corrected chi connectivity index (χ4v) is 5.19. The molecular weight excluding hydrogens is 402 g/mol. The molecule has 156 valence electrons. The largest absolute Gasteiger partial charge is 0.504 e. The first-order valence-electron chi connectivity index (χ1n) is 9.67. The molecule has 0 amide bonds. The zero-order valence-corrected chi connectivity index (χ0v) is 17.8. The van der Waals surface area contributed by atoms with Crippen molar-refractivity contribution in [2.24, 2.45) is 0 Å². The molecule has 4 rings (SSSR count). The summed E-state index contributed by atoms with van der Waals surface area (Å²) in [5, 5.41) is 15.6. The lowest BCUT2D eigenvalue weighted by atomic mass is 9.72.